The molecule has 27 heavy (non-hydrogen) atoms. The number of H-pyrrole nitrogens is 1. The molecule has 0 atom stereocenters. The van der Waals surface area contributed by atoms with E-state index in [1.807, 2.05) is 55.4 Å². The van der Waals surface area contributed by atoms with Crippen molar-refractivity contribution in [2.45, 2.75) is 0 Å². The topological polar surface area (TPSA) is 67.3 Å². The highest BCUT2D eigenvalue weighted by Crippen LogP contribution is 2.31. The molecule has 4 aromatic heterocycles. The molecule has 0 saturated carbocycles. The minimum Gasteiger partial charge on any atom is -0.285 e. The van der Waals surface area contributed by atoms with Crippen molar-refractivity contribution in [2.75, 3.05) is 0 Å². The minimum atomic E-state index is 0.965. The summed E-state index contributed by atoms with van der Waals surface area (Å²) in [6.07, 6.45) is 12.9. The second-order valence-electron chi connectivity index (χ2n) is 6.28. The molecule has 1 aromatic carbocycles. The fourth-order valence-corrected chi connectivity index (χ4v) is 3.27. The van der Waals surface area contributed by atoms with Crippen LogP contribution in [0.5, 0.6) is 0 Å². The lowest BCUT2D eigenvalue weighted by atomic mass is 9.97. The Hall–Kier alpha value is -3.86. The van der Waals surface area contributed by atoms with Crippen molar-refractivity contribution in [1.29, 1.82) is 0 Å². The lowest BCUT2D eigenvalue weighted by Crippen LogP contribution is -1.87. The molecular weight excluding hydrogens is 334 g/mol. The van der Waals surface area contributed by atoms with Crippen LogP contribution in [0.4, 0.5) is 0 Å². The van der Waals surface area contributed by atoms with Gasteiger partial charge in [-0.1, -0.05) is 6.07 Å². The van der Waals surface area contributed by atoms with Gasteiger partial charge in [0.1, 0.15) is 0 Å². The Kier molecular flexibility index (Phi) is 3.68. The van der Waals surface area contributed by atoms with Gasteiger partial charge in [0, 0.05) is 59.3 Å². The zero-order valence-corrected chi connectivity index (χ0v) is 14.4. The van der Waals surface area contributed by atoms with Crippen molar-refractivity contribution in [3.05, 3.63) is 85.8 Å². The van der Waals surface area contributed by atoms with Crippen molar-refractivity contribution in [1.82, 2.24) is 25.1 Å². The van der Waals surface area contributed by atoms with E-state index in [1.54, 1.807) is 6.20 Å². The normalized spacial score (nSPS) is 11.0. The van der Waals surface area contributed by atoms with E-state index in [-0.39, 0.29) is 0 Å². The van der Waals surface area contributed by atoms with Crippen LogP contribution in [0.1, 0.15) is 0 Å². The number of aromatic nitrogens is 5. The van der Waals surface area contributed by atoms with E-state index in [0.717, 1.165) is 44.3 Å². The van der Waals surface area contributed by atoms with Crippen LogP contribution < -0.4 is 0 Å². The second-order valence-corrected chi connectivity index (χ2v) is 6.28. The van der Waals surface area contributed by atoms with Crippen molar-refractivity contribution >= 4 is 10.9 Å². The molecule has 5 nitrogen and oxygen atoms in total. The molecule has 0 saturated heterocycles. The van der Waals surface area contributed by atoms with Crippen molar-refractivity contribution < 1.29 is 0 Å². The van der Waals surface area contributed by atoms with Crippen LogP contribution in [0.2, 0.25) is 0 Å². The van der Waals surface area contributed by atoms with Crippen LogP contribution in [0.25, 0.3) is 44.3 Å². The van der Waals surface area contributed by atoms with E-state index in [1.165, 1.54) is 0 Å². The highest BCUT2D eigenvalue weighted by Gasteiger charge is 2.08. The summed E-state index contributed by atoms with van der Waals surface area (Å²) in [5.41, 5.74) is 7.44. The number of hydrogen-bond acceptors (Lipinski definition) is 4. The number of nitrogens with zero attached hydrogens (tertiary/aromatic N) is 4. The Balaban J connectivity index is 1.66. The van der Waals surface area contributed by atoms with Crippen LogP contribution >= 0.6 is 0 Å². The third kappa shape index (κ3) is 2.85. The maximum Gasteiger partial charge on any atom is 0.0708 e. The van der Waals surface area contributed by atoms with Crippen LogP contribution in [0, 0.1) is 0 Å². The van der Waals surface area contributed by atoms with Gasteiger partial charge in [0.25, 0.3) is 0 Å². The first kappa shape index (κ1) is 15.4. The molecular formula is C22H15N5. The second kappa shape index (κ2) is 6.46. The average Bonchev–Trinajstić information content (AvgIpc) is 3.29. The Labute approximate surface area is 155 Å². The molecule has 128 valence electrons. The Bertz CT molecular complexity index is 1210. The molecule has 0 unspecified atom stereocenters. The monoisotopic (exact) mass is 349 g/mol. The van der Waals surface area contributed by atoms with E-state index in [2.05, 4.69) is 49.4 Å². The van der Waals surface area contributed by atoms with Gasteiger partial charge in [0.2, 0.25) is 0 Å². The van der Waals surface area contributed by atoms with Gasteiger partial charge in [-0.25, -0.2) is 0 Å². The van der Waals surface area contributed by atoms with E-state index < -0.39 is 0 Å². The van der Waals surface area contributed by atoms with E-state index in [4.69, 9.17) is 0 Å². The first-order valence-corrected chi connectivity index (χ1v) is 8.62. The Morgan fingerprint density at radius 3 is 2.30 bits per heavy atom. The fourth-order valence-electron chi connectivity index (χ4n) is 3.27. The predicted molar refractivity (Wildman–Crippen MR) is 106 cm³/mol. The first-order chi connectivity index (χ1) is 13.4. The average molecular weight is 349 g/mol. The summed E-state index contributed by atoms with van der Waals surface area (Å²) in [6.45, 7) is 0. The predicted octanol–water partition coefficient (Wildman–Crippen LogP) is 4.75. The third-order valence-electron chi connectivity index (χ3n) is 4.64. The quantitative estimate of drug-likeness (QED) is 0.510. The molecule has 0 spiro atoms. The highest BCUT2D eigenvalue weighted by molar-refractivity contribution is 5.96. The minimum absolute atomic E-state index is 0.965. The van der Waals surface area contributed by atoms with Gasteiger partial charge >= 0.3 is 0 Å². The summed E-state index contributed by atoms with van der Waals surface area (Å²) in [6, 6.07) is 14.5. The standard InChI is InChI=1S/C22H15N5/c1-2-22-21(20(5-8-25-22)15-3-6-23-7-4-15)10-16(1)17-9-18(12-24-11-17)19-13-26-27-14-19/h1-14H,(H,26,27). The summed E-state index contributed by atoms with van der Waals surface area (Å²) in [5.74, 6) is 0. The third-order valence-corrected chi connectivity index (χ3v) is 4.64. The van der Waals surface area contributed by atoms with Crippen LogP contribution in [-0.2, 0) is 0 Å². The lowest BCUT2D eigenvalue weighted by Gasteiger charge is -2.09. The summed E-state index contributed by atoms with van der Waals surface area (Å²) in [7, 11) is 0. The number of benzene rings is 1. The SMILES string of the molecule is c1cc(-c2ccnc3ccc(-c4cncc(-c5cn[nH]c5)c4)cc23)ccn1. The number of aromatic amines is 1. The molecule has 0 aliphatic carbocycles. The summed E-state index contributed by atoms with van der Waals surface area (Å²) >= 11 is 0. The van der Waals surface area contributed by atoms with E-state index >= 15 is 0 Å². The summed E-state index contributed by atoms with van der Waals surface area (Å²) in [4.78, 5) is 13.0. The maximum atomic E-state index is 4.52. The number of pyridine rings is 3. The zero-order valence-electron chi connectivity index (χ0n) is 14.4. The van der Waals surface area contributed by atoms with Gasteiger partial charge in [-0.05, 0) is 53.1 Å². The number of nitrogens with one attached hydrogen (secondary N) is 1. The zero-order chi connectivity index (χ0) is 18.1. The van der Waals surface area contributed by atoms with E-state index in [0.29, 0.717) is 0 Å². The largest absolute Gasteiger partial charge is 0.285 e. The molecule has 0 aliphatic heterocycles. The molecule has 0 amide bonds. The highest BCUT2D eigenvalue weighted by atomic mass is 15.1. The molecule has 1 N–H and O–H groups in total. The van der Waals surface area contributed by atoms with Gasteiger partial charge in [-0.3, -0.25) is 20.1 Å². The molecule has 5 aromatic rings. The lowest BCUT2D eigenvalue weighted by molar-refractivity contribution is 1.09. The number of rotatable bonds is 3. The van der Waals surface area contributed by atoms with Crippen LogP contribution in [-0.4, -0.2) is 25.1 Å². The Morgan fingerprint density at radius 1 is 0.630 bits per heavy atom. The summed E-state index contributed by atoms with van der Waals surface area (Å²) in [5, 5.41) is 7.97. The first-order valence-electron chi connectivity index (χ1n) is 8.62. The molecule has 4 heterocycles. The van der Waals surface area contributed by atoms with Crippen LogP contribution in [0.15, 0.2) is 85.8 Å². The fraction of sp³-hybridized carbons (Fsp3) is 0. The van der Waals surface area contributed by atoms with Gasteiger partial charge in [-0.15, -0.1) is 0 Å². The van der Waals surface area contributed by atoms with Crippen molar-refractivity contribution in [3.8, 4) is 33.4 Å². The van der Waals surface area contributed by atoms with Gasteiger partial charge in [-0.2, -0.15) is 5.10 Å². The van der Waals surface area contributed by atoms with Gasteiger partial charge < -0.3 is 0 Å². The molecule has 5 heteroatoms. The Morgan fingerprint density at radius 2 is 1.48 bits per heavy atom. The molecule has 0 aliphatic rings. The van der Waals surface area contributed by atoms with Gasteiger partial charge in [0.05, 0.1) is 11.7 Å². The summed E-state index contributed by atoms with van der Waals surface area (Å²) < 4.78 is 0. The number of fused-ring (bicyclic) bond motifs is 1. The smallest absolute Gasteiger partial charge is 0.0708 e. The molecule has 0 bridgehead atoms. The molecule has 0 radical (unpaired) electrons. The van der Waals surface area contributed by atoms with E-state index in [9.17, 15) is 0 Å². The van der Waals surface area contributed by atoms with Crippen molar-refractivity contribution in [3.63, 3.8) is 0 Å². The van der Waals surface area contributed by atoms with Crippen LogP contribution in [0.3, 0.4) is 0 Å². The molecule has 5 rings (SSSR count). The number of hydrogen-bond donors (Lipinski definition) is 1. The van der Waals surface area contributed by atoms with Gasteiger partial charge in [0.15, 0.2) is 0 Å². The van der Waals surface area contributed by atoms with Crippen molar-refractivity contribution in [2.24, 2.45) is 0 Å². The maximum absolute atomic E-state index is 4.52. The molecule has 0 fully saturated rings.